The summed E-state index contributed by atoms with van der Waals surface area (Å²) >= 11 is 13.5. The van der Waals surface area contributed by atoms with Gasteiger partial charge in [-0.3, -0.25) is 10.2 Å². The van der Waals surface area contributed by atoms with Crippen LogP contribution in [0, 0.1) is 0 Å². The minimum atomic E-state index is -0.303. The van der Waals surface area contributed by atoms with Crippen molar-refractivity contribution in [1.29, 1.82) is 0 Å². The van der Waals surface area contributed by atoms with Crippen LogP contribution in [-0.2, 0) is 0 Å². The Hall–Kier alpha value is -2.15. The summed E-state index contributed by atoms with van der Waals surface area (Å²) in [7, 11) is 0. The second-order valence-electron chi connectivity index (χ2n) is 5.59. The smallest absolute Gasteiger partial charge is 0.257 e. The molecule has 1 amide bonds. The van der Waals surface area contributed by atoms with E-state index in [2.05, 4.69) is 20.8 Å². The molecule has 0 aliphatic heterocycles. The molecule has 26 heavy (non-hydrogen) atoms. The van der Waals surface area contributed by atoms with Crippen molar-refractivity contribution in [3.8, 4) is 0 Å². The monoisotopic (exact) mass is 406 g/mol. The number of nitrogens with zero attached hydrogens (tertiary/aromatic N) is 2. The zero-order valence-corrected chi connectivity index (χ0v) is 16.5. The zero-order valence-electron chi connectivity index (χ0n) is 14.1. The second-order valence-corrected chi connectivity index (χ2v) is 7.47. The fourth-order valence-electron chi connectivity index (χ4n) is 2.15. The Bertz CT molecular complexity index is 1000. The molecule has 0 spiro atoms. The van der Waals surface area contributed by atoms with Crippen molar-refractivity contribution in [1.82, 2.24) is 4.98 Å². The standard InChI is InChI=1S/C18H16Cl2N4OS/c1-3-10(2)23-24-18-22-15-9-12(5-7-16(15)26-18)21-17(25)13-6-4-11(19)8-14(13)20/h4-9H,3H2,1-2H3,(H,21,25)(H,22,24)/b23-10+. The first-order chi connectivity index (χ1) is 12.5. The maximum atomic E-state index is 12.4. The molecule has 0 fully saturated rings. The summed E-state index contributed by atoms with van der Waals surface area (Å²) in [6.45, 7) is 4.00. The first kappa shape index (κ1) is 18.6. The minimum Gasteiger partial charge on any atom is -0.322 e. The van der Waals surface area contributed by atoms with Crippen LogP contribution in [0.2, 0.25) is 10.0 Å². The first-order valence-corrected chi connectivity index (χ1v) is 9.49. The van der Waals surface area contributed by atoms with Gasteiger partial charge in [-0.25, -0.2) is 4.98 Å². The number of anilines is 2. The normalized spacial score (nSPS) is 11.6. The van der Waals surface area contributed by atoms with Crippen LogP contribution in [-0.4, -0.2) is 16.6 Å². The van der Waals surface area contributed by atoms with Crippen LogP contribution in [0.25, 0.3) is 10.2 Å². The van der Waals surface area contributed by atoms with E-state index in [4.69, 9.17) is 23.2 Å². The van der Waals surface area contributed by atoms with Gasteiger partial charge in [0.25, 0.3) is 5.91 Å². The van der Waals surface area contributed by atoms with Crippen LogP contribution < -0.4 is 10.7 Å². The van der Waals surface area contributed by atoms with Crippen LogP contribution in [0.4, 0.5) is 10.8 Å². The highest BCUT2D eigenvalue weighted by molar-refractivity contribution is 7.22. The number of hydrazone groups is 1. The third kappa shape index (κ3) is 4.33. The Labute approximate surface area is 165 Å². The molecule has 2 aromatic carbocycles. The van der Waals surface area contributed by atoms with Gasteiger partial charge in [-0.2, -0.15) is 5.10 Å². The van der Waals surface area contributed by atoms with Gasteiger partial charge in [-0.15, -0.1) is 0 Å². The largest absolute Gasteiger partial charge is 0.322 e. The highest BCUT2D eigenvalue weighted by Gasteiger charge is 2.12. The van der Waals surface area contributed by atoms with Gasteiger partial charge in [-0.05, 0) is 49.7 Å². The molecule has 0 aliphatic carbocycles. The number of benzene rings is 2. The van der Waals surface area contributed by atoms with E-state index < -0.39 is 0 Å². The molecule has 1 aromatic heterocycles. The average Bonchev–Trinajstić information content (AvgIpc) is 3.01. The van der Waals surface area contributed by atoms with E-state index in [0.717, 1.165) is 22.3 Å². The van der Waals surface area contributed by atoms with Crippen LogP contribution in [0.5, 0.6) is 0 Å². The number of carbonyl (C=O) groups excluding carboxylic acids is 1. The number of nitrogens with one attached hydrogen (secondary N) is 2. The van der Waals surface area contributed by atoms with E-state index in [0.29, 0.717) is 26.4 Å². The lowest BCUT2D eigenvalue weighted by atomic mass is 10.2. The summed E-state index contributed by atoms with van der Waals surface area (Å²) < 4.78 is 0.999. The molecule has 8 heteroatoms. The number of hydrogen-bond donors (Lipinski definition) is 2. The molecule has 0 radical (unpaired) electrons. The van der Waals surface area contributed by atoms with E-state index in [9.17, 15) is 4.79 Å². The number of fused-ring (bicyclic) bond motifs is 1. The van der Waals surface area contributed by atoms with Crippen LogP contribution in [0.1, 0.15) is 30.6 Å². The number of halogens is 2. The van der Waals surface area contributed by atoms with Crippen LogP contribution >= 0.6 is 34.5 Å². The third-order valence-corrected chi connectivity index (χ3v) is 5.16. The van der Waals surface area contributed by atoms with Crippen molar-refractivity contribution in [2.45, 2.75) is 20.3 Å². The van der Waals surface area contributed by atoms with Gasteiger partial charge in [0, 0.05) is 16.4 Å². The van der Waals surface area contributed by atoms with E-state index in [1.54, 1.807) is 18.2 Å². The summed E-state index contributed by atoms with van der Waals surface area (Å²) in [5, 5.41) is 8.58. The Kier molecular flexibility index (Phi) is 5.76. The molecule has 0 unspecified atom stereocenters. The average molecular weight is 407 g/mol. The van der Waals surface area contributed by atoms with E-state index in [1.165, 1.54) is 11.3 Å². The number of hydrogen-bond acceptors (Lipinski definition) is 5. The number of thiazole rings is 1. The molecule has 3 aromatic rings. The molecule has 0 atom stereocenters. The fraction of sp³-hybridized carbons (Fsp3) is 0.167. The second kappa shape index (κ2) is 8.03. The lowest BCUT2D eigenvalue weighted by Gasteiger charge is -2.07. The topological polar surface area (TPSA) is 66.4 Å². The molecule has 0 bridgehead atoms. The highest BCUT2D eigenvalue weighted by Crippen LogP contribution is 2.29. The van der Waals surface area contributed by atoms with Gasteiger partial charge in [0.15, 0.2) is 0 Å². The molecule has 134 valence electrons. The molecule has 5 nitrogen and oxygen atoms in total. The predicted molar refractivity (Wildman–Crippen MR) is 111 cm³/mol. The van der Waals surface area contributed by atoms with Crippen molar-refractivity contribution in [2.75, 3.05) is 10.7 Å². The molecule has 1 heterocycles. The summed E-state index contributed by atoms with van der Waals surface area (Å²) in [5.41, 5.74) is 5.74. The van der Waals surface area contributed by atoms with Crippen molar-refractivity contribution < 1.29 is 4.79 Å². The maximum Gasteiger partial charge on any atom is 0.257 e. The lowest BCUT2D eigenvalue weighted by molar-refractivity contribution is 0.102. The summed E-state index contributed by atoms with van der Waals surface area (Å²) in [5.74, 6) is -0.303. The van der Waals surface area contributed by atoms with Gasteiger partial charge in [0.05, 0.1) is 20.8 Å². The van der Waals surface area contributed by atoms with Crippen molar-refractivity contribution >= 4 is 67.2 Å². The molecule has 0 saturated carbocycles. The Morgan fingerprint density at radius 1 is 1.23 bits per heavy atom. The zero-order chi connectivity index (χ0) is 18.7. The van der Waals surface area contributed by atoms with E-state index in [-0.39, 0.29) is 5.91 Å². The Balaban J connectivity index is 1.79. The summed E-state index contributed by atoms with van der Waals surface area (Å²) in [6.07, 6.45) is 0.876. The van der Waals surface area contributed by atoms with Gasteiger partial charge in [0.1, 0.15) is 0 Å². The molecule has 2 N–H and O–H groups in total. The molecular formula is C18H16Cl2N4OS. The first-order valence-electron chi connectivity index (χ1n) is 7.92. The number of amides is 1. The SMILES string of the molecule is CC/C(C)=N/Nc1nc2cc(NC(=O)c3ccc(Cl)cc3Cl)ccc2s1. The molecular weight excluding hydrogens is 391 g/mol. The molecule has 3 rings (SSSR count). The van der Waals surface area contributed by atoms with Crippen molar-refractivity contribution in [3.05, 3.63) is 52.0 Å². The summed E-state index contributed by atoms with van der Waals surface area (Å²) in [6, 6.07) is 10.3. The Morgan fingerprint density at radius 2 is 2.04 bits per heavy atom. The third-order valence-electron chi connectivity index (χ3n) is 3.68. The number of aromatic nitrogens is 1. The van der Waals surface area contributed by atoms with Gasteiger partial charge < -0.3 is 5.32 Å². The van der Waals surface area contributed by atoms with Gasteiger partial charge >= 0.3 is 0 Å². The van der Waals surface area contributed by atoms with Crippen molar-refractivity contribution in [2.24, 2.45) is 5.10 Å². The minimum absolute atomic E-state index is 0.303. The maximum absolute atomic E-state index is 12.4. The van der Waals surface area contributed by atoms with Crippen LogP contribution in [0.3, 0.4) is 0 Å². The van der Waals surface area contributed by atoms with E-state index in [1.807, 2.05) is 32.0 Å². The van der Waals surface area contributed by atoms with Crippen molar-refractivity contribution in [3.63, 3.8) is 0 Å². The van der Waals surface area contributed by atoms with Gasteiger partial charge in [-0.1, -0.05) is 41.5 Å². The van der Waals surface area contributed by atoms with E-state index >= 15 is 0 Å². The molecule has 0 aliphatic rings. The quantitative estimate of drug-likeness (QED) is 0.400. The fourth-order valence-corrected chi connectivity index (χ4v) is 3.43. The van der Waals surface area contributed by atoms with Crippen LogP contribution in [0.15, 0.2) is 41.5 Å². The van der Waals surface area contributed by atoms with Gasteiger partial charge in [0.2, 0.25) is 5.13 Å². The number of rotatable bonds is 5. The number of carbonyl (C=O) groups is 1. The Morgan fingerprint density at radius 3 is 2.77 bits per heavy atom. The highest BCUT2D eigenvalue weighted by atomic mass is 35.5. The predicted octanol–water partition coefficient (Wildman–Crippen LogP) is 6.05. The lowest BCUT2D eigenvalue weighted by Crippen LogP contribution is -2.12. The molecule has 0 saturated heterocycles. The summed E-state index contributed by atoms with van der Waals surface area (Å²) in [4.78, 5) is 16.9.